The van der Waals surface area contributed by atoms with Crippen molar-refractivity contribution < 1.29 is 13.7 Å². The molecule has 26 heavy (non-hydrogen) atoms. The molecule has 0 bridgehead atoms. The molecule has 0 atom stereocenters. The maximum atomic E-state index is 13.6. The number of carbonyl (C=O) groups excluding carboxylic acids is 1. The molecule has 1 aromatic heterocycles. The van der Waals surface area contributed by atoms with E-state index >= 15 is 0 Å². The lowest BCUT2D eigenvalue weighted by Gasteiger charge is -2.04. The van der Waals surface area contributed by atoms with E-state index in [1.807, 2.05) is 24.3 Å². The van der Waals surface area contributed by atoms with Crippen LogP contribution in [-0.2, 0) is 10.5 Å². The van der Waals surface area contributed by atoms with Gasteiger partial charge in [-0.05, 0) is 42.8 Å². The second kappa shape index (κ2) is 8.46. The number of amides is 1. The lowest BCUT2D eigenvalue weighted by atomic mass is 10.1. The highest BCUT2D eigenvalue weighted by Gasteiger charge is 2.11. The van der Waals surface area contributed by atoms with Gasteiger partial charge in [-0.2, -0.15) is 4.98 Å². The van der Waals surface area contributed by atoms with Crippen LogP contribution in [0, 0.1) is 12.7 Å². The van der Waals surface area contributed by atoms with Gasteiger partial charge in [0, 0.05) is 15.7 Å². The molecule has 0 unspecified atom stereocenters. The van der Waals surface area contributed by atoms with Crippen LogP contribution in [-0.4, -0.2) is 21.8 Å². The van der Waals surface area contributed by atoms with E-state index in [1.54, 1.807) is 19.1 Å². The predicted molar refractivity (Wildman–Crippen MR) is 103 cm³/mol. The molecule has 0 fully saturated rings. The van der Waals surface area contributed by atoms with Crippen LogP contribution in [0.5, 0.6) is 0 Å². The molecule has 1 N–H and O–H groups in total. The van der Waals surface area contributed by atoms with Crippen molar-refractivity contribution in [1.82, 2.24) is 10.1 Å². The molecule has 1 heterocycles. The molecule has 0 aliphatic carbocycles. The Bertz CT molecular complexity index is 915. The smallest absolute Gasteiger partial charge is 0.236 e. The fraction of sp³-hybridized carbons (Fsp3) is 0.167. The lowest BCUT2D eigenvalue weighted by molar-refractivity contribution is -0.113. The first-order valence-electron chi connectivity index (χ1n) is 7.73. The Morgan fingerprint density at radius 3 is 2.77 bits per heavy atom. The molecule has 134 valence electrons. The Labute approximate surface area is 162 Å². The summed E-state index contributed by atoms with van der Waals surface area (Å²) < 4.78 is 19.7. The maximum Gasteiger partial charge on any atom is 0.236 e. The van der Waals surface area contributed by atoms with Crippen molar-refractivity contribution in [2.75, 3.05) is 11.1 Å². The van der Waals surface area contributed by atoms with Gasteiger partial charge < -0.3 is 9.84 Å². The minimum atomic E-state index is -0.312. The van der Waals surface area contributed by atoms with E-state index in [4.69, 9.17) is 4.52 Å². The van der Waals surface area contributed by atoms with E-state index in [0.717, 1.165) is 10.2 Å². The molecule has 0 spiro atoms. The molecule has 0 saturated carbocycles. The van der Waals surface area contributed by atoms with Crippen LogP contribution < -0.4 is 5.32 Å². The Balaban J connectivity index is 1.51. The van der Waals surface area contributed by atoms with Crippen molar-refractivity contribution in [3.63, 3.8) is 0 Å². The topological polar surface area (TPSA) is 68.0 Å². The molecule has 3 rings (SSSR count). The van der Waals surface area contributed by atoms with Gasteiger partial charge in [0.2, 0.25) is 17.6 Å². The van der Waals surface area contributed by atoms with Gasteiger partial charge in [-0.1, -0.05) is 33.2 Å². The van der Waals surface area contributed by atoms with Crippen molar-refractivity contribution in [3.05, 3.63) is 64.2 Å². The first-order chi connectivity index (χ1) is 12.5. The number of carbonyl (C=O) groups is 1. The molecule has 1 amide bonds. The van der Waals surface area contributed by atoms with Crippen LogP contribution in [0.1, 0.15) is 11.5 Å². The number of aromatic nitrogens is 2. The van der Waals surface area contributed by atoms with E-state index < -0.39 is 0 Å². The Hall–Kier alpha value is -2.19. The standard InChI is InChI=1S/C18H15BrFN3O2S/c1-11-2-3-12(8-15(11)20)18-22-17(25-23-18)10-26-9-16(24)21-14-6-4-13(19)5-7-14/h2-8H,9-10H2,1H3,(H,21,24). The second-order valence-electron chi connectivity index (χ2n) is 5.52. The van der Waals surface area contributed by atoms with E-state index in [1.165, 1.54) is 17.8 Å². The largest absolute Gasteiger partial charge is 0.338 e. The summed E-state index contributed by atoms with van der Waals surface area (Å²) in [4.78, 5) is 16.2. The second-order valence-corrected chi connectivity index (χ2v) is 7.42. The van der Waals surface area contributed by atoms with E-state index in [9.17, 15) is 9.18 Å². The predicted octanol–water partition coefficient (Wildman–Crippen LogP) is 4.82. The number of aryl methyl sites for hydroxylation is 1. The highest BCUT2D eigenvalue weighted by atomic mass is 79.9. The molecule has 5 nitrogen and oxygen atoms in total. The van der Waals surface area contributed by atoms with Gasteiger partial charge in [-0.15, -0.1) is 11.8 Å². The summed E-state index contributed by atoms with van der Waals surface area (Å²) >= 11 is 4.70. The van der Waals surface area contributed by atoms with Crippen LogP contribution in [0.3, 0.4) is 0 Å². The third kappa shape index (κ3) is 4.92. The highest BCUT2D eigenvalue weighted by Crippen LogP contribution is 2.21. The zero-order chi connectivity index (χ0) is 18.5. The summed E-state index contributed by atoms with van der Waals surface area (Å²) in [6, 6.07) is 12.1. The molecule has 0 radical (unpaired) electrons. The van der Waals surface area contributed by atoms with Crippen LogP contribution in [0.4, 0.5) is 10.1 Å². The first kappa shape index (κ1) is 18.6. The number of nitrogens with zero attached hydrogens (tertiary/aromatic N) is 2. The average molecular weight is 436 g/mol. The SMILES string of the molecule is Cc1ccc(-c2noc(CSCC(=O)Nc3ccc(Br)cc3)n2)cc1F. The first-order valence-corrected chi connectivity index (χ1v) is 9.68. The summed E-state index contributed by atoms with van der Waals surface area (Å²) in [7, 11) is 0. The van der Waals surface area contributed by atoms with Crippen LogP contribution >= 0.6 is 27.7 Å². The molecule has 0 saturated heterocycles. The lowest BCUT2D eigenvalue weighted by Crippen LogP contribution is -2.14. The summed E-state index contributed by atoms with van der Waals surface area (Å²) in [6.07, 6.45) is 0. The Kier molecular flexibility index (Phi) is 6.05. The third-order valence-corrected chi connectivity index (χ3v) is 4.93. The van der Waals surface area contributed by atoms with Gasteiger partial charge in [0.25, 0.3) is 0 Å². The Morgan fingerprint density at radius 2 is 2.04 bits per heavy atom. The van der Waals surface area contributed by atoms with Crippen molar-refractivity contribution in [3.8, 4) is 11.4 Å². The number of anilines is 1. The van der Waals surface area contributed by atoms with Gasteiger partial charge in [0.05, 0.1) is 11.5 Å². The van der Waals surface area contributed by atoms with Crippen molar-refractivity contribution in [2.45, 2.75) is 12.7 Å². The fourth-order valence-electron chi connectivity index (χ4n) is 2.12. The highest BCUT2D eigenvalue weighted by molar-refractivity contribution is 9.10. The quantitative estimate of drug-likeness (QED) is 0.600. The average Bonchev–Trinajstić information content (AvgIpc) is 3.08. The summed E-state index contributed by atoms with van der Waals surface area (Å²) in [5.41, 5.74) is 1.85. The zero-order valence-electron chi connectivity index (χ0n) is 13.8. The normalized spacial score (nSPS) is 10.7. The molecule has 8 heteroatoms. The maximum absolute atomic E-state index is 13.6. The monoisotopic (exact) mass is 435 g/mol. The number of thioether (sulfide) groups is 1. The van der Waals surface area contributed by atoms with E-state index in [2.05, 4.69) is 31.4 Å². The molecule has 3 aromatic rings. The van der Waals surface area contributed by atoms with E-state index in [0.29, 0.717) is 28.6 Å². The van der Waals surface area contributed by atoms with Gasteiger partial charge >= 0.3 is 0 Å². The number of hydrogen-bond donors (Lipinski definition) is 1. The molecule has 2 aromatic carbocycles. The van der Waals surface area contributed by atoms with Gasteiger partial charge in [-0.3, -0.25) is 4.79 Å². The number of rotatable bonds is 6. The summed E-state index contributed by atoms with van der Waals surface area (Å²) in [5.74, 6) is 0.953. The van der Waals surface area contributed by atoms with Gasteiger partial charge in [-0.25, -0.2) is 4.39 Å². The minimum absolute atomic E-state index is 0.113. The molecular weight excluding hydrogens is 421 g/mol. The van der Waals surface area contributed by atoms with Crippen LogP contribution in [0.25, 0.3) is 11.4 Å². The van der Waals surface area contributed by atoms with Crippen LogP contribution in [0.15, 0.2) is 51.5 Å². The third-order valence-electron chi connectivity index (χ3n) is 3.48. The number of nitrogens with one attached hydrogen (secondary N) is 1. The van der Waals surface area contributed by atoms with Crippen molar-refractivity contribution in [2.24, 2.45) is 0 Å². The summed E-state index contributed by atoms with van der Waals surface area (Å²) in [6.45, 7) is 1.69. The molecule has 0 aliphatic rings. The van der Waals surface area contributed by atoms with E-state index in [-0.39, 0.29) is 17.5 Å². The Morgan fingerprint density at radius 1 is 1.27 bits per heavy atom. The molecule has 0 aliphatic heterocycles. The fourth-order valence-corrected chi connectivity index (χ4v) is 3.04. The van der Waals surface area contributed by atoms with Crippen molar-refractivity contribution >= 4 is 39.3 Å². The van der Waals surface area contributed by atoms with Crippen LogP contribution in [0.2, 0.25) is 0 Å². The zero-order valence-corrected chi connectivity index (χ0v) is 16.2. The van der Waals surface area contributed by atoms with Gasteiger partial charge in [0.15, 0.2) is 0 Å². The number of hydrogen-bond acceptors (Lipinski definition) is 5. The minimum Gasteiger partial charge on any atom is -0.338 e. The number of halogens is 2. The molecular formula is C18H15BrFN3O2S. The summed E-state index contributed by atoms with van der Waals surface area (Å²) in [5, 5.41) is 6.67. The number of benzene rings is 2. The van der Waals surface area contributed by atoms with Crippen molar-refractivity contribution in [1.29, 1.82) is 0 Å². The van der Waals surface area contributed by atoms with Gasteiger partial charge in [0.1, 0.15) is 5.82 Å².